The molecule has 6 heteroatoms. The average Bonchev–Trinajstić information content (AvgIpc) is 3.29. The molecule has 4 rings (SSSR count). The van der Waals surface area contributed by atoms with E-state index in [1.807, 2.05) is 18.2 Å². The van der Waals surface area contributed by atoms with Gasteiger partial charge in [0.15, 0.2) is 11.5 Å². The number of aryl methyl sites for hydroxylation is 1. The average molecular weight is 339 g/mol. The van der Waals surface area contributed by atoms with Crippen molar-refractivity contribution >= 4 is 5.91 Å². The Bertz CT molecular complexity index is 776. The Hall–Kier alpha value is -2.57. The number of rotatable bonds is 4. The van der Waals surface area contributed by atoms with E-state index in [1.165, 1.54) is 11.1 Å². The van der Waals surface area contributed by atoms with Gasteiger partial charge in [-0.05, 0) is 36.6 Å². The van der Waals surface area contributed by atoms with Gasteiger partial charge in [0.05, 0.1) is 0 Å². The number of fused-ring (bicyclic) bond motifs is 1. The number of amides is 1. The van der Waals surface area contributed by atoms with Crippen molar-refractivity contribution in [2.24, 2.45) is 0 Å². The molecule has 1 amide bonds. The second-order valence-corrected chi connectivity index (χ2v) is 6.45. The first-order valence-corrected chi connectivity index (χ1v) is 8.43. The van der Waals surface area contributed by atoms with Gasteiger partial charge in [0.1, 0.15) is 6.04 Å². The molecule has 2 aliphatic heterocycles. The standard InChI is InChI=1S/C19H21N3O3/c1-12-2-5-14(6-3-12)15-9-16(22-21-15)19(23)20-10-13-4-7-17-18(8-13)25-11-24-17/h2-8,15-16,21-22H,9-11H2,1H3,(H,20,23). The van der Waals surface area contributed by atoms with Gasteiger partial charge in [-0.15, -0.1) is 0 Å². The molecule has 1 saturated heterocycles. The van der Waals surface area contributed by atoms with Crippen LogP contribution in [0.15, 0.2) is 42.5 Å². The Morgan fingerprint density at radius 3 is 2.76 bits per heavy atom. The molecule has 0 spiro atoms. The number of carbonyl (C=O) groups excluding carboxylic acids is 1. The lowest BCUT2D eigenvalue weighted by atomic mass is 10.0. The second-order valence-electron chi connectivity index (χ2n) is 6.45. The van der Waals surface area contributed by atoms with Crippen molar-refractivity contribution in [3.8, 4) is 11.5 Å². The lowest BCUT2D eigenvalue weighted by Crippen LogP contribution is -2.42. The first kappa shape index (κ1) is 15.9. The quantitative estimate of drug-likeness (QED) is 0.794. The molecule has 2 heterocycles. The smallest absolute Gasteiger partial charge is 0.238 e. The summed E-state index contributed by atoms with van der Waals surface area (Å²) in [6.07, 6.45) is 0.718. The van der Waals surface area contributed by atoms with Crippen LogP contribution in [0.2, 0.25) is 0 Å². The van der Waals surface area contributed by atoms with E-state index in [0.717, 1.165) is 23.5 Å². The number of hydrazine groups is 1. The highest BCUT2D eigenvalue weighted by Gasteiger charge is 2.29. The number of nitrogens with one attached hydrogen (secondary N) is 3. The van der Waals surface area contributed by atoms with Gasteiger partial charge in [0.2, 0.25) is 12.7 Å². The monoisotopic (exact) mass is 339 g/mol. The summed E-state index contributed by atoms with van der Waals surface area (Å²) < 4.78 is 10.7. The van der Waals surface area contributed by atoms with Crippen molar-refractivity contribution in [3.05, 3.63) is 59.2 Å². The summed E-state index contributed by atoms with van der Waals surface area (Å²) in [6.45, 7) is 2.78. The molecule has 1 fully saturated rings. The molecule has 6 nitrogen and oxygen atoms in total. The summed E-state index contributed by atoms with van der Waals surface area (Å²) in [5.74, 6) is 1.46. The molecule has 0 bridgehead atoms. The van der Waals surface area contributed by atoms with Crippen molar-refractivity contribution in [1.29, 1.82) is 0 Å². The van der Waals surface area contributed by atoms with E-state index >= 15 is 0 Å². The van der Waals surface area contributed by atoms with Crippen LogP contribution >= 0.6 is 0 Å². The van der Waals surface area contributed by atoms with Crippen LogP contribution in [0, 0.1) is 6.92 Å². The summed E-state index contributed by atoms with van der Waals surface area (Å²) in [7, 11) is 0. The Morgan fingerprint density at radius 1 is 1.12 bits per heavy atom. The minimum absolute atomic E-state index is 0.0141. The van der Waals surface area contributed by atoms with E-state index in [4.69, 9.17) is 9.47 Å². The van der Waals surface area contributed by atoms with Crippen molar-refractivity contribution in [1.82, 2.24) is 16.2 Å². The Balaban J connectivity index is 1.32. The Labute approximate surface area is 146 Å². The summed E-state index contributed by atoms with van der Waals surface area (Å²) in [5.41, 5.74) is 9.70. The second kappa shape index (κ2) is 6.74. The predicted molar refractivity (Wildman–Crippen MR) is 93.0 cm³/mol. The molecule has 2 aromatic carbocycles. The van der Waals surface area contributed by atoms with E-state index in [9.17, 15) is 4.79 Å². The molecular formula is C19H21N3O3. The topological polar surface area (TPSA) is 71.6 Å². The van der Waals surface area contributed by atoms with Gasteiger partial charge in [-0.25, -0.2) is 10.9 Å². The molecule has 130 valence electrons. The number of carbonyl (C=O) groups is 1. The number of hydrogen-bond donors (Lipinski definition) is 3. The highest BCUT2D eigenvalue weighted by Crippen LogP contribution is 2.32. The molecule has 0 radical (unpaired) electrons. The van der Waals surface area contributed by atoms with Crippen LogP contribution in [-0.4, -0.2) is 18.7 Å². The number of benzene rings is 2. The molecule has 2 aromatic rings. The first-order valence-electron chi connectivity index (χ1n) is 8.43. The van der Waals surface area contributed by atoms with Crippen LogP contribution < -0.4 is 25.6 Å². The van der Waals surface area contributed by atoms with Crippen molar-refractivity contribution < 1.29 is 14.3 Å². The van der Waals surface area contributed by atoms with Crippen LogP contribution in [0.3, 0.4) is 0 Å². The van der Waals surface area contributed by atoms with Gasteiger partial charge in [-0.1, -0.05) is 35.9 Å². The number of ether oxygens (including phenoxy) is 2. The largest absolute Gasteiger partial charge is 0.454 e. The van der Waals surface area contributed by atoms with E-state index in [2.05, 4.69) is 47.4 Å². The molecule has 0 aromatic heterocycles. The zero-order chi connectivity index (χ0) is 17.2. The minimum atomic E-state index is -0.250. The van der Waals surface area contributed by atoms with E-state index in [0.29, 0.717) is 6.54 Å². The molecule has 2 unspecified atom stereocenters. The molecular weight excluding hydrogens is 318 g/mol. The fraction of sp³-hybridized carbons (Fsp3) is 0.316. The third-order valence-electron chi connectivity index (χ3n) is 4.60. The van der Waals surface area contributed by atoms with Crippen LogP contribution in [0.5, 0.6) is 11.5 Å². The van der Waals surface area contributed by atoms with Crippen LogP contribution in [0.1, 0.15) is 29.2 Å². The fourth-order valence-electron chi connectivity index (χ4n) is 3.11. The van der Waals surface area contributed by atoms with Gasteiger partial charge in [0, 0.05) is 12.6 Å². The summed E-state index contributed by atoms with van der Waals surface area (Å²) in [6, 6.07) is 14.0. The summed E-state index contributed by atoms with van der Waals surface area (Å²) in [4.78, 5) is 12.4. The third-order valence-corrected chi connectivity index (χ3v) is 4.60. The molecule has 25 heavy (non-hydrogen) atoms. The highest BCUT2D eigenvalue weighted by molar-refractivity contribution is 5.82. The fourth-order valence-corrected chi connectivity index (χ4v) is 3.11. The molecule has 2 aliphatic rings. The van der Waals surface area contributed by atoms with Gasteiger partial charge in [-0.3, -0.25) is 4.79 Å². The van der Waals surface area contributed by atoms with Gasteiger partial charge < -0.3 is 14.8 Å². The highest BCUT2D eigenvalue weighted by atomic mass is 16.7. The maximum absolute atomic E-state index is 12.4. The molecule has 2 atom stereocenters. The lowest BCUT2D eigenvalue weighted by Gasteiger charge is -2.11. The Kier molecular flexibility index (Phi) is 4.29. The molecule has 0 saturated carbocycles. The molecule has 3 N–H and O–H groups in total. The zero-order valence-electron chi connectivity index (χ0n) is 14.0. The third kappa shape index (κ3) is 3.45. The lowest BCUT2D eigenvalue weighted by molar-refractivity contribution is -0.123. The van der Waals surface area contributed by atoms with E-state index < -0.39 is 0 Å². The SMILES string of the molecule is Cc1ccc(C2CC(C(=O)NCc3ccc4c(c3)OCO4)NN2)cc1. The normalized spacial score (nSPS) is 21.3. The van der Waals surface area contributed by atoms with Crippen LogP contribution in [0.25, 0.3) is 0 Å². The van der Waals surface area contributed by atoms with Crippen molar-refractivity contribution in [2.75, 3.05) is 6.79 Å². The van der Waals surface area contributed by atoms with Crippen LogP contribution in [0.4, 0.5) is 0 Å². The van der Waals surface area contributed by atoms with Gasteiger partial charge >= 0.3 is 0 Å². The van der Waals surface area contributed by atoms with Crippen molar-refractivity contribution in [2.45, 2.75) is 32.0 Å². The zero-order valence-corrected chi connectivity index (χ0v) is 14.0. The van der Waals surface area contributed by atoms with Crippen molar-refractivity contribution in [3.63, 3.8) is 0 Å². The van der Waals surface area contributed by atoms with E-state index in [1.54, 1.807) is 0 Å². The van der Waals surface area contributed by atoms with E-state index in [-0.39, 0.29) is 24.8 Å². The molecule has 0 aliphatic carbocycles. The summed E-state index contributed by atoms with van der Waals surface area (Å²) in [5, 5.41) is 2.98. The van der Waals surface area contributed by atoms with Crippen LogP contribution in [-0.2, 0) is 11.3 Å². The minimum Gasteiger partial charge on any atom is -0.454 e. The maximum atomic E-state index is 12.4. The maximum Gasteiger partial charge on any atom is 0.238 e. The summed E-state index contributed by atoms with van der Waals surface area (Å²) >= 11 is 0. The predicted octanol–water partition coefficient (Wildman–Crippen LogP) is 1.95. The number of hydrogen-bond acceptors (Lipinski definition) is 5. The Morgan fingerprint density at radius 2 is 1.92 bits per heavy atom. The van der Waals surface area contributed by atoms with Gasteiger partial charge in [-0.2, -0.15) is 0 Å². The van der Waals surface area contributed by atoms with Gasteiger partial charge in [0.25, 0.3) is 0 Å². The first-order chi connectivity index (χ1) is 12.2.